The molecule has 3 nitrogen and oxygen atoms in total. The Morgan fingerprint density at radius 2 is 1.82 bits per heavy atom. The van der Waals surface area contributed by atoms with Crippen LogP contribution in [-0.2, 0) is 0 Å². The Balaban J connectivity index is 0.000000686. The van der Waals surface area contributed by atoms with Gasteiger partial charge in [0, 0.05) is 36.3 Å². The molecule has 1 N–H and O–H groups in total. The highest BCUT2D eigenvalue weighted by atomic mass is 14.9. The number of aryl methyl sites for hydroxylation is 1. The van der Waals surface area contributed by atoms with Crippen LogP contribution in [0.15, 0.2) is 36.7 Å². The van der Waals surface area contributed by atoms with Crippen LogP contribution in [0.4, 0.5) is 5.82 Å². The summed E-state index contributed by atoms with van der Waals surface area (Å²) in [6.07, 6.45) is 3.66. The second kappa shape index (κ2) is 6.63. The number of nitrogens with zero attached hydrogens (tertiary/aromatic N) is 2. The second-order valence-electron chi connectivity index (χ2n) is 3.32. The molecule has 0 saturated heterocycles. The monoisotopic (exact) mass is 229 g/mol. The van der Waals surface area contributed by atoms with Gasteiger partial charge in [0.25, 0.3) is 0 Å². The minimum absolute atomic E-state index is 0.875. The standard InChI is InChI=1S/C12H13N3.C2H6/c1-9-11(4-3-7-14-9)10-5-6-12(13-2)15-8-10;1-2/h3-8H,1-2H3,(H,13,15);1-2H3. The van der Waals surface area contributed by atoms with Crippen LogP contribution in [0, 0.1) is 6.92 Å². The summed E-state index contributed by atoms with van der Waals surface area (Å²) in [6.45, 7) is 6.00. The number of hydrogen-bond acceptors (Lipinski definition) is 3. The molecule has 0 spiro atoms. The van der Waals surface area contributed by atoms with Gasteiger partial charge in [0.05, 0.1) is 0 Å². The van der Waals surface area contributed by atoms with E-state index in [-0.39, 0.29) is 0 Å². The van der Waals surface area contributed by atoms with Gasteiger partial charge in [-0.1, -0.05) is 19.9 Å². The maximum absolute atomic E-state index is 4.28. The molecule has 0 unspecified atom stereocenters. The lowest BCUT2D eigenvalue weighted by atomic mass is 10.1. The first-order valence-corrected chi connectivity index (χ1v) is 5.87. The smallest absolute Gasteiger partial charge is 0.125 e. The van der Waals surface area contributed by atoms with Gasteiger partial charge in [-0.25, -0.2) is 4.98 Å². The highest BCUT2D eigenvalue weighted by molar-refractivity contribution is 5.65. The molecular weight excluding hydrogens is 210 g/mol. The molecule has 2 rings (SSSR count). The molecule has 0 aliphatic rings. The number of nitrogens with one attached hydrogen (secondary N) is 1. The van der Waals surface area contributed by atoms with Crippen LogP contribution in [0.5, 0.6) is 0 Å². The molecule has 0 amide bonds. The lowest BCUT2D eigenvalue weighted by molar-refractivity contribution is 1.20. The van der Waals surface area contributed by atoms with Crippen molar-refractivity contribution in [3.63, 3.8) is 0 Å². The number of rotatable bonds is 2. The maximum Gasteiger partial charge on any atom is 0.125 e. The van der Waals surface area contributed by atoms with Crippen molar-refractivity contribution >= 4 is 5.82 Å². The lowest BCUT2D eigenvalue weighted by Crippen LogP contribution is -1.92. The summed E-state index contributed by atoms with van der Waals surface area (Å²) in [7, 11) is 1.86. The van der Waals surface area contributed by atoms with Crippen LogP contribution in [-0.4, -0.2) is 17.0 Å². The zero-order valence-electron chi connectivity index (χ0n) is 10.9. The molecule has 0 saturated carbocycles. The van der Waals surface area contributed by atoms with Gasteiger partial charge in [-0.2, -0.15) is 0 Å². The predicted molar refractivity (Wildman–Crippen MR) is 73.1 cm³/mol. The van der Waals surface area contributed by atoms with Crippen molar-refractivity contribution in [1.82, 2.24) is 9.97 Å². The molecule has 0 radical (unpaired) electrons. The maximum atomic E-state index is 4.28. The van der Waals surface area contributed by atoms with E-state index >= 15 is 0 Å². The number of pyridine rings is 2. The van der Waals surface area contributed by atoms with Gasteiger partial charge in [0.1, 0.15) is 5.82 Å². The molecule has 2 aromatic rings. The Hall–Kier alpha value is -1.90. The van der Waals surface area contributed by atoms with Crippen molar-refractivity contribution in [2.24, 2.45) is 0 Å². The molecule has 0 aliphatic carbocycles. The lowest BCUT2D eigenvalue weighted by Gasteiger charge is -2.05. The minimum Gasteiger partial charge on any atom is -0.373 e. The molecule has 2 aromatic heterocycles. The van der Waals surface area contributed by atoms with E-state index in [2.05, 4.69) is 21.4 Å². The molecule has 0 aliphatic heterocycles. The van der Waals surface area contributed by atoms with Crippen molar-refractivity contribution < 1.29 is 0 Å². The van der Waals surface area contributed by atoms with Crippen molar-refractivity contribution in [3.8, 4) is 11.1 Å². The number of anilines is 1. The van der Waals surface area contributed by atoms with E-state index in [4.69, 9.17) is 0 Å². The molecular formula is C14H19N3. The summed E-state index contributed by atoms with van der Waals surface area (Å²) in [5.74, 6) is 0.875. The SMILES string of the molecule is CC.CNc1ccc(-c2cccnc2C)cn1. The van der Waals surface area contributed by atoms with Crippen molar-refractivity contribution in [3.05, 3.63) is 42.4 Å². The summed E-state index contributed by atoms with van der Waals surface area (Å²) in [4.78, 5) is 8.53. The minimum atomic E-state index is 0.875. The first-order valence-electron chi connectivity index (χ1n) is 5.87. The summed E-state index contributed by atoms with van der Waals surface area (Å²) in [6, 6.07) is 8.00. The zero-order valence-corrected chi connectivity index (χ0v) is 10.9. The Morgan fingerprint density at radius 1 is 1.06 bits per heavy atom. The summed E-state index contributed by atoms with van der Waals surface area (Å²) < 4.78 is 0. The van der Waals surface area contributed by atoms with E-state index in [1.54, 1.807) is 6.20 Å². The van der Waals surface area contributed by atoms with Gasteiger partial charge in [-0.3, -0.25) is 4.98 Å². The third-order valence-corrected chi connectivity index (χ3v) is 2.34. The topological polar surface area (TPSA) is 37.8 Å². The zero-order chi connectivity index (χ0) is 12.7. The van der Waals surface area contributed by atoms with Crippen LogP contribution in [0.2, 0.25) is 0 Å². The molecule has 0 bridgehead atoms. The average molecular weight is 229 g/mol. The normalized spacial score (nSPS) is 9.18. The molecule has 3 heteroatoms. The fourth-order valence-electron chi connectivity index (χ4n) is 1.49. The molecule has 0 fully saturated rings. The summed E-state index contributed by atoms with van der Waals surface area (Å²) >= 11 is 0. The largest absolute Gasteiger partial charge is 0.373 e. The van der Waals surface area contributed by atoms with E-state index in [0.717, 1.165) is 22.6 Å². The summed E-state index contributed by atoms with van der Waals surface area (Å²) in [5.41, 5.74) is 3.25. The molecule has 0 atom stereocenters. The van der Waals surface area contributed by atoms with E-state index < -0.39 is 0 Å². The van der Waals surface area contributed by atoms with Crippen LogP contribution in [0.1, 0.15) is 19.5 Å². The highest BCUT2D eigenvalue weighted by Crippen LogP contribution is 2.21. The Morgan fingerprint density at radius 3 is 2.35 bits per heavy atom. The predicted octanol–water partition coefficient (Wildman–Crippen LogP) is 3.52. The van der Waals surface area contributed by atoms with Crippen LogP contribution in [0.25, 0.3) is 11.1 Å². The average Bonchev–Trinajstić information content (AvgIpc) is 2.42. The van der Waals surface area contributed by atoms with E-state index in [1.165, 1.54) is 0 Å². The molecule has 0 aromatic carbocycles. The van der Waals surface area contributed by atoms with Crippen LogP contribution < -0.4 is 5.32 Å². The first kappa shape index (κ1) is 13.2. The number of aromatic nitrogens is 2. The molecule has 2 heterocycles. The van der Waals surface area contributed by atoms with Crippen LogP contribution in [0.3, 0.4) is 0 Å². The molecule has 17 heavy (non-hydrogen) atoms. The quantitative estimate of drug-likeness (QED) is 0.856. The van der Waals surface area contributed by atoms with E-state index in [9.17, 15) is 0 Å². The van der Waals surface area contributed by atoms with Crippen molar-refractivity contribution in [1.29, 1.82) is 0 Å². The van der Waals surface area contributed by atoms with Gasteiger partial charge >= 0.3 is 0 Å². The van der Waals surface area contributed by atoms with E-state index in [0.29, 0.717) is 0 Å². The van der Waals surface area contributed by atoms with Gasteiger partial charge in [0.2, 0.25) is 0 Å². The fourth-order valence-corrected chi connectivity index (χ4v) is 1.49. The third-order valence-electron chi connectivity index (χ3n) is 2.34. The molecule has 90 valence electrons. The first-order chi connectivity index (χ1) is 8.31. The van der Waals surface area contributed by atoms with Crippen molar-refractivity contribution in [2.45, 2.75) is 20.8 Å². The Labute approximate surface area is 103 Å². The highest BCUT2D eigenvalue weighted by Gasteiger charge is 2.01. The Bertz CT molecular complexity index is 449. The third kappa shape index (κ3) is 3.28. The fraction of sp³-hybridized carbons (Fsp3) is 0.286. The summed E-state index contributed by atoms with van der Waals surface area (Å²) in [5, 5.41) is 2.99. The Kier molecular flexibility index (Phi) is 5.14. The van der Waals surface area contributed by atoms with E-state index in [1.807, 2.05) is 52.2 Å². The van der Waals surface area contributed by atoms with Gasteiger partial charge < -0.3 is 5.32 Å². The van der Waals surface area contributed by atoms with Crippen LogP contribution >= 0.6 is 0 Å². The van der Waals surface area contributed by atoms with Gasteiger partial charge in [0.15, 0.2) is 0 Å². The number of hydrogen-bond donors (Lipinski definition) is 1. The van der Waals surface area contributed by atoms with Crippen molar-refractivity contribution in [2.75, 3.05) is 12.4 Å². The van der Waals surface area contributed by atoms with Gasteiger partial charge in [-0.15, -0.1) is 0 Å². The second-order valence-corrected chi connectivity index (χ2v) is 3.32. The van der Waals surface area contributed by atoms with Gasteiger partial charge in [-0.05, 0) is 25.1 Å².